The second kappa shape index (κ2) is 5.87. The van der Waals surface area contributed by atoms with Gasteiger partial charge >= 0.3 is 0 Å². The van der Waals surface area contributed by atoms with E-state index in [1.165, 1.54) is 32.1 Å². The van der Waals surface area contributed by atoms with Gasteiger partial charge in [-0.3, -0.25) is 14.6 Å². The summed E-state index contributed by atoms with van der Waals surface area (Å²) in [6.07, 6.45) is 10.0. The summed E-state index contributed by atoms with van der Waals surface area (Å²) in [5, 5.41) is 7.39. The number of rotatable bonds is 2. The molecule has 2 heterocycles. The summed E-state index contributed by atoms with van der Waals surface area (Å²) in [7, 11) is 0. The standard InChI is InChI=1S/C15H20N4S/c1-11-6-3-2-4-8-13(11)19-14(17-18-15(19)20)12-7-5-9-16-10-12/h5,7,9-11,13H,2-4,6,8H2,1H3,(H,18,20). The van der Waals surface area contributed by atoms with Gasteiger partial charge in [-0.25, -0.2) is 0 Å². The molecule has 3 rings (SSSR count). The van der Waals surface area contributed by atoms with Crippen molar-refractivity contribution in [3.05, 3.63) is 29.3 Å². The Kier molecular flexibility index (Phi) is 3.96. The quantitative estimate of drug-likeness (QED) is 0.667. The van der Waals surface area contributed by atoms with Gasteiger partial charge in [0.05, 0.1) is 0 Å². The number of nitrogens with one attached hydrogen (secondary N) is 1. The van der Waals surface area contributed by atoms with E-state index in [0.29, 0.717) is 12.0 Å². The van der Waals surface area contributed by atoms with Gasteiger partial charge in [0.2, 0.25) is 0 Å². The first kappa shape index (κ1) is 13.5. The summed E-state index contributed by atoms with van der Waals surface area (Å²) in [6, 6.07) is 4.42. The molecule has 2 atom stereocenters. The van der Waals surface area contributed by atoms with E-state index in [9.17, 15) is 0 Å². The topological polar surface area (TPSA) is 46.5 Å². The number of H-pyrrole nitrogens is 1. The van der Waals surface area contributed by atoms with E-state index >= 15 is 0 Å². The fourth-order valence-corrected chi connectivity index (χ4v) is 3.44. The van der Waals surface area contributed by atoms with Gasteiger partial charge in [-0.15, -0.1) is 0 Å². The maximum Gasteiger partial charge on any atom is 0.195 e. The molecule has 0 bridgehead atoms. The van der Waals surface area contributed by atoms with Crippen LogP contribution in [0.15, 0.2) is 24.5 Å². The smallest absolute Gasteiger partial charge is 0.195 e. The average molecular weight is 288 g/mol. The Hall–Kier alpha value is -1.49. The molecule has 20 heavy (non-hydrogen) atoms. The van der Waals surface area contributed by atoms with E-state index in [-0.39, 0.29) is 0 Å². The molecule has 106 valence electrons. The van der Waals surface area contributed by atoms with Crippen molar-refractivity contribution >= 4 is 12.2 Å². The molecule has 0 radical (unpaired) electrons. The van der Waals surface area contributed by atoms with Crippen LogP contribution in [0.1, 0.15) is 45.1 Å². The van der Waals surface area contributed by atoms with Gasteiger partial charge in [0.1, 0.15) is 0 Å². The lowest BCUT2D eigenvalue weighted by Crippen LogP contribution is -2.17. The lowest BCUT2D eigenvalue weighted by molar-refractivity contribution is 0.333. The highest BCUT2D eigenvalue weighted by molar-refractivity contribution is 7.71. The van der Waals surface area contributed by atoms with Crippen LogP contribution in [0, 0.1) is 10.7 Å². The Bertz CT molecular complexity index is 616. The zero-order valence-corrected chi connectivity index (χ0v) is 12.6. The number of pyridine rings is 1. The fourth-order valence-electron chi connectivity index (χ4n) is 3.17. The Balaban J connectivity index is 2.05. The fraction of sp³-hybridized carbons (Fsp3) is 0.533. The average Bonchev–Trinajstić information content (AvgIpc) is 2.72. The van der Waals surface area contributed by atoms with Crippen molar-refractivity contribution in [2.45, 2.75) is 45.1 Å². The van der Waals surface area contributed by atoms with Gasteiger partial charge in [0.25, 0.3) is 0 Å². The van der Waals surface area contributed by atoms with Crippen molar-refractivity contribution in [1.29, 1.82) is 0 Å². The third-order valence-corrected chi connectivity index (χ3v) is 4.56. The van der Waals surface area contributed by atoms with Crippen molar-refractivity contribution in [3.63, 3.8) is 0 Å². The molecular formula is C15H20N4S. The Morgan fingerprint density at radius 3 is 2.95 bits per heavy atom. The molecule has 0 saturated heterocycles. The first-order valence-corrected chi connectivity index (χ1v) is 7.75. The summed E-state index contributed by atoms with van der Waals surface area (Å²) in [5.74, 6) is 1.55. The summed E-state index contributed by atoms with van der Waals surface area (Å²) in [6.45, 7) is 2.33. The molecule has 4 nitrogen and oxygen atoms in total. The van der Waals surface area contributed by atoms with E-state index in [4.69, 9.17) is 12.2 Å². The Morgan fingerprint density at radius 1 is 1.30 bits per heavy atom. The first-order chi connectivity index (χ1) is 9.77. The molecule has 0 aromatic carbocycles. The molecule has 2 unspecified atom stereocenters. The van der Waals surface area contributed by atoms with Gasteiger partial charge in [0.15, 0.2) is 10.6 Å². The number of aromatic nitrogens is 4. The van der Waals surface area contributed by atoms with Crippen LogP contribution in [0.3, 0.4) is 0 Å². The highest BCUT2D eigenvalue weighted by Gasteiger charge is 2.25. The van der Waals surface area contributed by atoms with Crippen molar-refractivity contribution in [2.75, 3.05) is 0 Å². The zero-order chi connectivity index (χ0) is 13.9. The molecule has 1 fully saturated rings. The lowest BCUT2D eigenvalue weighted by Gasteiger charge is -2.24. The van der Waals surface area contributed by atoms with Crippen LogP contribution in [0.5, 0.6) is 0 Å². The van der Waals surface area contributed by atoms with Gasteiger partial charge in [-0.05, 0) is 43.1 Å². The van der Waals surface area contributed by atoms with Crippen molar-refractivity contribution in [2.24, 2.45) is 5.92 Å². The predicted octanol–water partition coefficient (Wildman–Crippen LogP) is 4.14. The molecule has 0 aliphatic heterocycles. The first-order valence-electron chi connectivity index (χ1n) is 7.34. The van der Waals surface area contributed by atoms with Crippen LogP contribution in [-0.2, 0) is 0 Å². The molecule has 1 aliphatic carbocycles. The summed E-state index contributed by atoms with van der Waals surface area (Å²) < 4.78 is 2.94. The van der Waals surface area contributed by atoms with Gasteiger partial charge in [0, 0.05) is 24.0 Å². The second-order valence-electron chi connectivity index (χ2n) is 5.65. The minimum absolute atomic E-state index is 0.443. The minimum Gasteiger partial charge on any atom is -0.297 e. The summed E-state index contributed by atoms with van der Waals surface area (Å²) in [5.41, 5.74) is 1.02. The van der Waals surface area contributed by atoms with Crippen molar-refractivity contribution in [1.82, 2.24) is 19.7 Å². The largest absolute Gasteiger partial charge is 0.297 e. The van der Waals surface area contributed by atoms with Crippen LogP contribution in [0.4, 0.5) is 0 Å². The van der Waals surface area contributed by atoms with Gasteiger partial charge in [-0.2, -0.15) is 5.10 Å². The molecule has 1 aliphatic rings. The maximum absolute atomic E-state index is 5.48. The number of hydrogen-bond acceptors (Lipinski definition) is 3. The highest BCUT2D eigenvalue weighted by Crippen LogP contribution is 2.35. The predicted molar refractivity (Wildman–Crippen MR) is 81.9 cm³/mol. The molecule has 1 saturated carbocycles. The number of hydrogen-bond donors (Lipinski definition) is 1. The lowest BCUT2D eigenvalue weighted by atomic mass is 9.96. The second-order valence-corrected chi connectivity index (χ2v) is 6.03. The summed E-state index contributed by atoms with van der Waals surface area (Å²) in [4.78, 5) is 4.19. The molecule has 2 aromatic heterocycles. The maximum atomic E-state index is 5.48. The van der Waals surface area contributed by atoms with Crippen LogP contribution in [0.25, 0.3) is 11.4 Å². The molecule has 0 amide bonds. The van der Waals surface area contributed by atoms with Crippen LogP contribution in [0.2, 0.25) is 0 Å². The molecule has 0 spiro atoms. The van der Waals surface area contributed by atoms with Crippen molar-refractivity contribution < 1.29 is 0 Å². The Labute approximate surface area is 124 Å². The van der Waals surface area contributed by atoms with E-state index in [1.54, 1.807) is 6.20 Å². The summed E-state index contributed by atoms with van der Waals surface area (Å²) >= 11 is 5.48. The molecule has 2 aromatic rings. The number of nitrogens with zero attached hydrogens (tertiary/aromatic N) is 3. The normalized spacial score (nSPS) is 23.4. The third kappa shape index (κ3) is 2.54. The van der Waals surface area contributed by atoms with E-state index in [2.05, 4.69) is 26.7 Å². The van der Waals surface area contributed by atoms with E-state index < -0.39 is 0 Å². The zero-order valence-electron chi connectivity index (χ0n) is 11.7. The monoisotopic (exact) mass is 288 g/mol. The van der Waals surface area contributed by atoms with Crippen LogP contribution >= 0.6 is 12.2 Å². The van der Waals surface area contributed by atoms with E-state index in [0.717, 1.165) is 16.2 Å². The molecular weight excluding hydrogens is 268 g/mol. The molecule has 1 N–H and O–H groups in total. The van der Waals surface area contributed by atoms with Crippen LogP contribution in [-0.4, -0.2) is 19.7 Å². The minimum atomic E-state index is 0.443. The third-order valence-electron chi connectivity index (χ3n) is 4.27. The van der Waals surface area contributed by atoms with Gasteiger partial charge in [-0.1, -0.05) is 26.2 Å². The van der Waals surface area contributed by atoms with E-state index in [1.807, 2.05) is 18.3 Å². The van der Waals surface area contributed by atoms with Crippen molar-refractivity contribution in [3.8, 4) is 11.4 Å². The molecule has 5 heteroatoms. The van der Waals surface area contributed by atoms with Crippen LogP contribution < -0.4 is 0 Å². The van der Waals surface area contributed by atoms with Gasteiger partial charge < -0.3 is 0 Å². The highest BCUT2D eigenvalue weighted by atomic mass is 32.1. The number of aromatic amines is 1. The SMILES string of the molecule is CC1CCCCCC1n1c(-c2cccnc2)n[nH]c1=S. The Morgan fingerprint density at radius 2 is 2.15 bits per heavy atom.